The number of hydrogen-bond donors (Lipinski definition) is 2. The lowest BCUT2D eigenvalue weighted by molar-refractivity contribution is 0.151. The normalized spacial score (nSPS) is 10.4. The van der Waals surface area contributed by atoms with Crippen LogP contribution in [0.1, 0.15) is 19.4 Å². The van der Waals surface area contributed by atoms with Crippen molar-refractivity contribution in [3.63, 3.8) is 0 Å². The molecule has 0 bridgehead atoms. The van der Waals surface area contributed by atoms with Crippen molar-refractivity contribution in [2.45, 2.75) is 20.3 Å². The van der Waals surface area contributed by atoms with E-state index in [1.165, 1.54) is 0 Å². The summed E-state index contributed by atoms with van der Waals surface area (Å²) in [5.41, 5.74) is 14.1. The second-order valence-corrected chi connectivity index (χ2v) is 3.47. The monoisotopic (exact) mass is 224 g/mol. The summed E-state index contributed by atoms with van der Waals surface area (Å²) in [6, 6.07) is 3.64. The van der Waals surface area contributed by atoms with Gasteiger partial charge in [-0.2, -0.15) is 0 Å². The molecule has 16 heavy (non-hydrogen) atoms. The van der Waals surface area contributed by atoms with Crippen LogP contribution in [-0.4, -0.2) is 19.8 Å². The first kappa shape index (κ1) is 12.6. The SMILES string of the molecule is CCOCCc1cc(N)c(OCC)cc1N. The maximum atomic E-state index is 5.91. The molecule has 0 radical (unpaired) electrons. The zero-order valence-electron chi connectivity index (χ0n) is 9.95. The van der Waals surface area contributed by atoms with E-state index in [1.54, 1.807) is 6.07 Å². The van der Waals surface area contributed by atoms with Crippen LogP contribution in [0.2, 0.25) is 0 Å². The van der Waals surface area contributed by atoms with Crippen molar-refractivity contribution in [2.75, 3.05) is 31.3 Å². The van der Waals surface area contributed by atoms with E-state index < -0.39 is 0 Å². The van der Waals surface area contributed by atoms with Gasteiger partial charge in [0, 0.05) is 18.4 Å². The molecular formula is C12H20N2O2. The Labute approximate surface area is 96.5 Å². The number of anilines is 2. The first-order chi connectivity index (χ1) is 7.69. The fourth-order valence-electron chi connectivity index (χ4n) is 1.48. The Morgan fingerprint density at radius 1 is 1.06 bits per heavy atom. The van der Waals surface area contributed by atoms with Gasteiger partial charge in [0.05, 0.1) is 18.9 Å². The van der Waals surface area contributed by atoms with Gasteiger partial charge < -0.3 is 20.9 Å². The molecule has 0 heterocycles. The third-order valence-corrected chi connectivity index (χ3v) is 2.29. The average molecular weight is 224 g/mol. The van der Waals surface area contributed by atoms with Crippen molar-refractivity contribution < 1.29 is 9.47 Å². The zero-order valence-corrected chi connectivity index (χ0v) is 9.95. The summed E-state index contributed by atoms with van der Waals surface area (Å²) in [5.74, 6) is 0.653. The van der Waals surface area contributed by atoms with Gasteiger partial charge in [-0.05, 0) is 31.9 Å². The molecule has 0 aliphatic rings. The second-order valence-electron chi connectivity index (χ2n) is 3.47. The highest BCUT2D eigenvalue weighted by molar-refractivity contribution is 5.64. The number of benzene rings is 1. The van der Waals surface area contributed by atoms with E-state index in [1.807, 2.05) is 19.9 Å². The summed E-state index contributed by atoms with van der Waals surface area (Å²) < 4.78 is 10.6. The molecule has 0 aliphatic carbocycles. The lowest BCUT2D eigenvalue weighted by Crippen LogP contribution is -2.04. The second kappa shape index (κ2) is 6.23. The van der Waals surface area contributed by atoms with Crippen LogP contribution in [0.25, 0.3) is 0 Å². The van der Waals surface area contributed by atoms with Gasteiger partial charge in [0.2, 0.25) is 0 Å². The number of rotatable bonds is 6. The van der Waals surface area contributed by atoms with Gasteiger partial charge in [-0.15, -0.1) is 0 Å². The van der Waals surface area contributed by atoms with Crippen molar-refractivity contribution in [3.8, 4) is 5.75 Å². The molecule has 0 aliphatic heterocycles. The summed E-state index contributed by atoms with van der Waals surface area (Å²) in [7, 11) is 0. The molecule has 0 saturated heterocycles. The van der Waals surface area contributed by atoms with E-state index in [2.05, 4.69) is 0 Å². The molecule has 4 nitrogen and oxygen atoms in total. The Hall–Kier alpha value is -1.42. The van der Waals surface area contributed by atoms with Crippen molar-refractivity contribution in [3.05, 3.63) is 17.7 Å². The number of nitrogen functional groups attached to an aromatic ring is 2. The Balaban J connectivity index is 2.75. The molecule has 0 atom stereocenters. The molecule has 0 unspecified atom stereocenters. The number of ether oxygens (including phenoxy) is 2. The summed E-state index contributed by atoms with van der Waals surface area (Å²) >= 11 is 0. The highest BCUT2D eigenvalue weighted by atomic mass is 16.5. The predicted octanol–water partition coefficient (Wildman–Crippen LogP) is 1.83. The van der Waals surface area contributed by atoms with Crippen LogP contribution < -0.4 is 16.2 Å². The van der Waals surface area contributed by atoms with E-state index in [0.717, 1.165) is 12.0 Å². The molecule has 0 fully saturated rings. The van der Waals surface area contributed by atoms with Gasteiger partial charge in [0.25, 0.3) is 0 Å². The van der Waals surface area contributed by atoms with Crippen molar-refractivity contribution in [2.24, 2.45) is 0 Å². The van der Waals surface area contributed by atoms with Crippen LogP contribution >= 0.6 is 0 Å². The van der Waals surface area contributed by atoms with Crippen molar-refractivity contribution >= 4 is 11.4 Å². The van der Waals surface area contributed by atoms with Crippen LogP contribution in [-0.2, 0) is 11.2 Å². The lowest BCUT2D eigenvalue weighted by Gasteiger charge is -2.11. The molecule has 0 spiro atoms. The number of nitrogens with two attached hydrogens (primary N) is 2. The van der Waals surface area contributed by atoms with Crippen LogP contribution in [0.5, 0.6) is 5.75 Å². The smallest absolute Gasteiger partial charge is 0.144 e. The first-order valence-electron chi connectivity index (χ1n) is 5.57. The molecular weight excluding hydrogens is 204 g/mol. The molecule has 4 heteroatoms. The topological polar surface area (TPSA) is 70.5 Å². The first-order valence-corrected chi connectivity index (χ1v) is 5.57. The standard InChI is InChI=1S/C12H20N2O2/c1-3-15-6-5-9-7-11(14)12(16-4-2)8-10(9)13/h7-8H,3-6,13-14H2,1-2H3. The minimum atomic E-state index is 0.585. The Bertz CT molecular complexity index is 340. The van der Waals surface area contributed by atoms with Crippen molar-refractivity contribution in [1.29, 1.82) is 0 Å². The molecule has 0 saturated carbocycles. The van der Waals surface area contributed by atoms with Crippen LogP contribution in [0.4, 0.5) is 11.4 Å². The summed E-state index contributed by atoms with van der Waals surface area (Å²) in [6.07, 6.45) is 0.774. The fourth-order valence-corrected chi connectivity index (χ4v) is 1.48. The zero-order chi connectivity index (χ0) is 12.0. The van der Waals surface area contributed by atoms with Gasteiger partial charge in [0.1, 0.15) is 5.75 Å². The molecule has 1 aromatic carbocycles. The predicted molar refractivity (Wildman–Crippen MR) is 66.6 cm³/mol. The van der Waals surface area contributed by atoms with Gasteiger partial charge >= 0.3 is 0 Å². The van der Waals surface area contributed by atoms with Crippen molar-refractivity contribution in [1.82, 2.24) is 0 Å². The number of hydrogen-bond acceptors (Lipinski definition) is 4. The van der Waals surface area contributed by atoms with Gasteiger partial charge in [-0.1, -0.05) is 0 Å². The largest absolute Gasteiger partial charge is 0.492 e. The van der Waals surface area contributed by atoms with E-state index in [0.29, 0.717) is 36.9 Å². The summed E-state index contributed by atoms with van der Waals surface area (Å²) in [6.45, 7) is 5.84. The molecule has 0 aromatic heterocycles. The van der Waals surface area contributed by atoms with Crippen LogP contribution in [0.3, 0.4) is 0 Å². The molecule has 90 valence electrons. The summed E-state index contributed by atoms with van der Waals surface area (Å²) in [5, 5.41) is 0. The van der Waals surface area contributed by atoms with Crippen LogP contribution in [0.15, 0.2) is 12.1 Å². The minimum Gasteiger partial charge on any atom is -0.492 e. The van der Waals surface area contributed by atoms with E-state index >= 15 is 0 Å². The Morgan fingerprint density at radius 3 is 2.44 bits per heavy atom. The molecule has 1 rings (SSSR count). The fraction of sp³-hybridized carbons (Fsp3) is 0.500. The van der Waals surface area contributed by atoms with Gasteiger partial charge in [0.15, 0.2) is 0 Å². The maximum Gasteiger partial charge on any atom is 0.144 e. The van der Waals surface area contributed by atoms with Gasteiger partial charge in [-0.25, -0.2) is 0 Å². The molecule has 4 N–H and O–H groups in total. The minimum absolute atomic E-state index is 0.585. The quantitative estimate of drug-likeness (QED) is 0.571. The Morgan fingerprint density at radius 2 is 1.81 bits per heavy atom. The highest BCUT2D eigenvalue weighted by Gasteiger charge is 2.06. The molecule has 1 aromatic rings. The Kier molecular flexibility index (Phi) is 4.92. The van der Waals surface area contributed by atoms with E-state index in [4.69, 9.17) is 20.9 Å². The van der Waals surface area contributed by atoms with E-state index in [-0.39, 0.29) is 0 Å². The van der Waals surface area contributed by atoms with E-state index in [9.17, 15) is 0 Å². The third kappa shape index (κ3) is 3.31. The highest BCUT2D eigenvalue weighted by Crippen LogP contribution is 2.28. The lowest BCUT2D eigenvalue weighted by atomic mass is 10.1. The maximum absolute atomic E-state index is 5.91. The van der Waals surface area contributed by atoms with Gasteiger partial charge in [-0.3, -0.25) is 0 Å². The summed E-state index contributed by atoms with van der Waals surface area (Å²) in [4.78, 5) is 0. The average Bonchev–Trinajstić information content (AvgIpc) is 2.25. The molecule has 0 amide bonds. The third-order valence-electron chi connectivity index (χ3n) is 2.29. The van der Waals surface area contributed by atoms with Crippen LogP contribution in [0, 0.1) is 0 Å².